The van der Waals surface area contributed by atoms with E-state index < -0.39 is 17.3 Å². The molecule has 0 aliphatic carbocycles. The molecule has 0 saturated carbocycles. The van der Waals surface area contributed by atoms with Crippen LogP contribution in [0.4, 0.5) is 0 Å². The second-order valence-corrected chi connectivity index (χ2v) is 5.88. The van der Waals surface area contributed by atoms with Crippen molar-refractivity contribution in [2.45, 2.75) is 13.8 Å². The topological polar surface area (TPSA) is 88.5 Å². The minimum absolute atomic E-state index is 0.0431. The lowest BCUT2D eigenvalue weighted by atomic mass is 9.95. The molecule has 20 heavy (non-hydrogen) atoms. The Bertz CT molecular complexity index is 517. The van der Waals surface area contributed by atoms with Crippen LogP contribution >= 0.6 is 15.9 Å². The monoisotopic (exact) mass is 344 g/mol. The maximum Gasteiger partial charge on any atom is 0.357 e. The minimum Gasteiger partial charge on any atom is -0.464 e. The number of aliphatic hydroxyl groups excluding tert-OH is 1. The molecule has 1 rings (SSSR count). The minimum atomic E-state index is -0.623. The van der Waals surface area contributed by atoms with Crippen molar-refractivity contribution in [1.29, 1.82) is 0 Å². The first kappa shape index (κ1) is 16.6. The predicted octanol–water partition coefficient (Wildman–Crippen LogP) is 1.38. The molecular formula is C13H17BrN2O4. The van der Waals surface area contributed by atoms with Crippen LogP contribution in [0.2, 0.25) is 0 Å². The number of hydrogen-bond donors (Lipinski definition) is 2. The summed E-state index contributed by atoms with van der Waals surface area (Å²) in [6, 6.07) is 3.06. The molecular weight excluding hydrogens is 328 g/mol. The molecule has 0 atom stereocenters. The van der Waals surface area contributed by atoms with E-state index >= 15 is 0 Å². The van der Waals surface area contributed by atoms with E-state index in [1.54, 1.807) is 6.07 Å². The van der Waals surface area contributed by atoms with E-state index in [1.807, 2.05) is 13.8 Å². The summed E-state index contributed by atoms with van der Waals surface area (Å²) in [6.45, 7) is 3.90. The van der Waals surface area contributed by atoms with Gasteiger partial charge in [-0.3, -0.25) is 4.79 Å². The van der Waals surface area contributed by atoms with Gasteiger partial charge in [-0.2, -0.15) is 0 Å². The molecule has 0 saturated heterocycles. The lowest BCUT2D eigenvalue weighted by molar-refractivity contribution is 0.0592. The lowest BCUT2D eigenvalue weighted by Crippen LogP contribution is -2.36. The highest BCUT2D eigenvalue weighted by molar-refractivity contribution is 9.10. The second-order valence-electron chi connectivity index (χ2n) is 5.02. The fourth-order valence-electron chi connectivity index (χ4n) is 1.27. The van der Waals surface area contributed by atoms with Crippen molar-refractivity contribution in [3.05, 3.63) is 28.0 Å². The van der Waals surface area contributed by atoms with Crippen molar-refractivity contribution in [3.8, 4) is 0 Å². The highest BCUT2D eigenvalue weighted by Crippen LogP contribution is 2.16. The molecule has 0 radical (unpaired) electrons. The van der Waals surface area contributed by atoms with Crippen LogP contribution in [0.1, 0.15) is 34.8 Å². The van der Waals surface area contributed by atoms with Crippen LogP contribution in [-0.2, 0) is 4.74 Å². The lowest BCUT2D eigenvalue weighted by Gasteiger charge is -2.21. The zero-order chi connectivity index (χ0) is 15.3. The van der Waals surface area contributed by atoms with Gasteiger partial charge in [-0.25, -0.2) is 9.78 Å². The van der Waals surface area contributed by atoms with Crippen molar-refractivity contribution in [2.75, 3.05) is 20.3 Å². The number of nitrogens with one attached hydrogen (secondary N) is 1. The molecule has 110 valence electrons. The van der Waals surface area contributed by atoms with Gasteiger partial charge >= 0.3 is 5.97 Å². The van der Waals surface area contributed by atoms with E-state index in [9.17, 15) is 9.59 Å². The van der Waals surface area contributed by atoms with Crippen molar-refractivity contribution >= 4 is 27.8 Å². The number of pyridine rings is 1. The van der Waals surface area contributed by atoms with E-state index in [1.165, 1.54) is 13.2 Å². The van der Waals surface area contributed by atoms with Gasteiger partial charge in [0.25, 0.3) is 5.91 Å². The number of nitrogens with zero attached hydrogens (tertiary/aromatic N) is 1. The Morgan fingerprint density at radius 2 is 2.10 bits per heavy atom. The molecule has 0 bridgehead atoms. The van der Waals surface area contributed by atoms with Gasteiger partial charge in [0.2, 0.25) is 0 Å². The Morgan fingerprint density at radius 1 is 1.45 bits per heavy atom. The summed E-state index contributed by atoms with van der Waals surface area (Å²) in [7, 11) is 1.24. The molecule has 0 aliphatic rings. The SMILES string of the molecule is COC(=O)c1nc(C(=O)NCC(C)(C)CO)ccc1Br. The fourth-order valence-corrected chi connectivity index (χ4v) is 1.66. The molecule has 0 aromatic carbocycles. The molecule has 2 N–H and O–H groups in total. The number of esters is 1. The quantitative estimate of drug-likeness (QED) is 0.787. The normalized spacial score (nSPS) is 11.1. The van der Waals surface area contributed by atoms with Gasteiger partial charge < -0.3 is 15.2 Å². The van der Waals surface area contributed by atoms with Crippen molar-refractivity contribution in [2.24, 2.45) is 5.41 Å². The summed E-state index contributed by atoms with van der Waals surface area (Å²) < 4.78 is 5.04. The summed E-state index contributed by atoms with van der Waals surface area (Å²) in [5.41, 5.74) is -0.264. The number of amides is 1. The van der Waals surface area contributed by atoms with E-state index in [0.29, 0.717) is 11.0 Å². The van der Waals surface area contributed by atoms with Crippen LogP contribution in [0.5, 0.6) is 0 Å². The smallest absolute Gasteiger partial charge is 0.357 e. The largest absolute Gasteiger partial charge is 0.464 e. The average molecular weight is 345 g/mol. The first-order valence-corrected chi connectivity index (χ1v) is 6.74. The molecule has 7 heteroatoms. The number of aliphatic hydroxyl groups is 1. The van der Waals surface area contributed by atoms with Crippen molar-refractivity contribution < 1.29 is 19.4 Å². The second kappa shape index (κ2) is 6.81. The van der Waals surface area contributed by atoms with E-state index in [0.717, 1.165) is 0 Å². The van der Waals surface area contributed by atoms with E-state index in [-0.39, 0.29) is 18.0 Å². The Balaban J connectivity index is 2.87. The van der Waals surface area contributed by atoms with Gasteiger partial charge in [-0.05, 0) is 28.1 Å². The summed E-state index contributed by atoms with van der Waals surface area (Å²) >= 11 is 3.17. The third-order valence-electron chi connectivity index (χ3n) is 2.61. The molecule has 1 aromatic heterocycles. The molecule has 1 heterocycles. The summed E-state index contributed by atoms with van der Waals surface area (Å²) in [5, 5.41) is 11.8. The highest BCUT2D eigenvalue weighted by Gasteiger charge is 2.20. The highest BCUT2D eigenvalue weighted by atomic mass is 79.9. The Morgan fingerprint density at radius 3 is 2.65 bits per heavy atom. The van der Waals surface area contributed by atoms with Crippen molar-refractivity contribution in [3.63, 3.8) is 0 Å². The van der Waals surface area contributed by atoms with E-state index in [2.05, 4.69) is 31.0 Å². The Labute approximate surface area is 125 Å². The number of hydrogen-bond acceptors (Lipinski definition) is 5. The molecule has 0 aliphatic heterocycles. The number of halogens is 1. The van der Waals surface area contributed by atoms with Gasteiger partial charge in [0.15, 0.2) is 5.69 Å². The summed E-state index contributed by atoms with van der Waals surface area (Å²) in [5.74, 6) is -1.04. The Hall–Kier alpha value is -1.47. The average Bonchev–Trinajstić information content (AvgIpc) is 2.44. The van der Waals surface area contributed by atoms with Gasteiger partial charge in [-0.1, -0.05) is 13.8 Å². The van der Waals surface area contributed by atoms with E-state index in [4.69, 9.17) is 5.11 Å². The summed E-state index contributed by atoms with van der Waals surface area (Å²) in [4.78, 5) is 27.4. The van der Waals surface area contributed by atoms with Gasteiger partial charge in [-0.15, -0.1) is 0 Å². The number of methoxy groups -OCH3 is 1. The van der Waals surface area contributed by atoms with Crippen LogP contribution in [0.3, 0.4) is 0 Å². The van der Waals surface area contributed by atoms with Crippen molar-refractivity contribution in [1.82, 2.24) is 10.3 Å². The van der Waals surface area contributed by atoms with Crippen LogP contribution < -0.4 is 5.32 Å². The third-order valence-corrected chi connectivity index (χ3v) is 3.25. The van der Waals surface area contributed by atoms with Gasteiger partial charge in [0.05, 0.1) is 11.6 Å². The molecule has 1 amide bonds. The summed E-state index contributed by atoms with van der Waals surface area (Å²) in [6.07, 6.45) is 0. The zero-order valence-corrected chi connectivity index (χ0v) is 13.2. The predicted molar refractivity (Wildman–Crippen MR) is 76.5 cm³/mol. The molecule has 0 unspecified atom stereocenters. The zero-order valence-electron chi connectivity index (χ0n) is 11.6. The van der Waals surface area contributed by atoms with Crippen LogP contribution in [0.15, 0.2) is 16.6 Å². The molecule has 0 fully saturated rings. The standard InChI is InChI=1S/C13H17BrN2O4/c1-13(2,7-17)6-15-11(18)9-5-4-8(14)10(16-9)12(19)20-3/h4-5,17H,6-7H2,1-3H3,(H,15,18). The first-order chi connectivity index (χ1) is 9.30. The molecule has 1 aromatic rings. The Kier molecular flexibility index (Phi) is 5.64. The van der Waals surface area contributed by atoms with Gasteiger partial charge in [0.1, 0.15) is 5.69 Å². The van der Waals surface area contributed by atoms with Crippen LogP contribution in [-0.4, -0.2) is 42.2 Å². The molecule has 0 spiro atoms. The maximum atomic E-state index is 12.0. The third kappa shape index (κ3) is 4.28. The first-order valence-electron chi connectivity index (χ1n) is 5.94. The molecule has 6 nitrogen and oxygen atoms in total. The fraction of sp³-hybridized carbons (Fsp3) is 0.462. The maximum absolute atomic E-state index is 12.0. The number of rotatable bonds is 5. The van der Waals surface area contributed by atoms with Crippen LogP contribution in [0, 0.1) is 5.41 Å². The number of carbonyl (C=O) groups excluding carboxylic acids is 2. The number of carbonyl (C=O) groups is 2. The number of ether oxygens (including phenoxy) is 1. The van der Waals surface area contributed by atoms with Crippen LogP contribution in [0.25, 0.3) is 0 Å². The van der Waals surface area contributed by atoms with Gasteiger partial charge in [0, 0.05) is 18.6 Å². The number of aromatic nitrogens is 1.